The number of rotatable bonds is 4. The second-order valence-electron chi connectivity index (χ2n) is 4.19. The molecule has 2 heteroatoms. The summed E-state index contributed by atoms with van der Waals surface area (Å²) >= 11 is 0. The number of nitrogens with two attached hydrogens (primary N) is 1. The van der Waals surface area contributed by atoms with Gasteiger partial charge in [-0.25, -0.2) is 0 Å². The van der Waals surface area contributed by atoms with Crippen molar-refractivity contribution in [3.05, 3.63) is 0 Å². The smallest absolute Gasteiger partial charge is 0.00462 e. The molecular weight excluding hydrogens is 160 g/mol. The summed E-state index contributed by atoms with van der Waals surface area (Å²) in [7, 11) is 0. The Morgan fingerprint density at radius 3 is 2.92 bits per heavy atom. The van der Waals surface area contributed by atoms with Gasteiger partial charge in [0.1, 0.15) is 0 Å². The Bertz CT molecular complexity index is 117. The Balaban J connectivity index is 2.35. The summed E-state index contributed by atoms with van der Waals surface area (Å²) in [5.41, 5.74) is 5.64. The van der Waals surface area contributed by atoms with Crippen LogP contribution in [0.15, 0.2) is 0 Å². The van der Waals surface area contributed by atoms with Crippen molar-refractivity contribution < 1.29 is 0 Å². The lowest BCUT2D eigenvalue weighted by molar-refractivity contribution is 0.282. The molecule has 0 amide bonds. The highest BCUT2D eigenvalue weighted by molar-refractivity contribution is 4.73. The van der Waals surface area contributed by atoms with Crippen LogP contribution in [0, 0.1) is 11.8 Å². The summed E-state index contributed by atoms with van der Waals surface area (Å²) in [6.07, 6.45) is 6.65. The third kappa shape index (κ3) is 3.65. The highest BCUT2D eigenvalue weighted by Crippen LogP contribution is 2.27. The average Bonchev–Trinajstić information content (AvgIpc) is 2.42. The minimum absolute atomic E-state index is 0.864. The van der Waals surface area contributed by atoms with Crippen molar-refractivity contribution in [1.82, 2.24) is 5.32 Å². The lowest BCUT2D eigenvalue weighted by Gasteiger charge is -2.24. The van der Waals surface area contributed by atoms with Crippen molar-refractivity contribution in [3.63, 3.8) is 0 Å². The molecular formula is C11H24N2. The third-order valence-corrected chi connectivity index (χ3v) is 3.35. The van der Waals surface area contributed by atoms with Crippen molar-refractivity contribution >= 4 is 0 Å². The maximum absolute atomic E-state index is 5.64. The molecule has 13 heavy (non-hydrogen) atoms. The Labute approximate surface area is 82.3 Å². The van der Waals surface area contributed by atoms with Crippen LogP contribution in [0.2, 0.25) is 0 Å². The van der Waals surface area contributed by atoms with Crippen molar-refractivity contribution in [2.75, 3.05) is 19.6 Å². The third-order valence-electron chi connectivity index (χ3n) is 3.35. The van der Waals surface area contributed by atoms with Crippen LogP contribution >= 0.6 is 0 Å². The molecule has 1 fully saturated rings. The van der Waals surface area contributed by atoms with Gasteiger partial charge in [-0.15, -0.1) is 0 Å². The molecule has 1 heterocycles. The lowest BCUT2D eigenvalue weighted by atomic mass is 9.82. The molecule has 3 N–H and O–H groups in total. The van der Waals surface area contributed by atoms with E-state index in [0.29, 0.717) is 0 Å². The van der Waals surface area contributed by atoms with Gasteiger partial charge < -0.3 is 11.1 Å². The summed E-state index contributed by atoms with van der Waals surface area (Å²) < 4.78 is 0. The van der Waals surface area contributed by atoms with Crippen LogP contribution in [-0.2, 0) is 0 Å². The zero-order chi connectivity index (χ0) is 9.52. The van der Waals surface area contributed by atoms with Gasteiger partial charge in [0.25, 0.3) is 0 Å². The standard InChI is InChI=1S/C11H24N2/c1-2-10(5-7-12)11-4-3-8-13-9-6-11/h10-11,13H,2-9,12H2,1H3. The molecule has 0 aromatic carbocycles. The van der Waals surface area contributed by atoms with Crippen molar-refractivity contribution in [2.24, 2.45) is 17.6 Å². The molecule has 1 saturated heterocycles. The maximum atomic E-state index is 5.64. The molecule has 2 unspecified atom stereocenters. The van der Waals surface area contributed by atoms with Gasteiger partial charge in [-0.3, -0.25) is 0 Å². The van der Waals surface area contributed by atoms with Gasteiger partial charge in [-0.05, 0) is 57.2 Å². The molecule has 0 aromatic heterocycles. The number of hydrogen-bond acceptors (Lipinski definition) is 2. The van der Waals surface area contributed by atoms with Gasteiger partial charge in [0.05, 0.1) is 0 Å². The summed E-state index contributed by atoms with van der Waals surface area (Å²) in [5.74, 6) is 1.81. The molecule has 1 rings (SSSR count). The first-order valence-electron chi connectivity index (χ1n) is 5.79. The fourth-order valence-electron chi connectivity index (χ4n) is 2.50. The van der Waals surface area contributed by atoms with Gasteiger partial charge in [0, 0.05) is 0 Å². The van der Waals surface area contributed by atoms with Crippen LogP contribution in [-0.4, -0.2) is 19.6 Å². The van der Waals surface area contributed by atoms with Crippen LogP contribution in [0.4, 0.5) is 0 Å². The highest BCUT2D eigenvalue weighted by Gasteiger charge is 2.20. The zero-order valence-corrected chi connectivity index (χ0v) is 8.89. The Kier molecular flexibility index (Phi) is 5.40. The van der Waals surface area contributed by atoms with Gasteiger partial charge in [-0.1, -0.05) is 13.3 Å². The summed E-state index contributed by atoms with van der Waals surface area (Å²) in [6, 6.07) is 0. The Morgan fingerprint density at radius 1 is 1.38 bits per heavy atom. The Morgan fingerprint density at radius 2 is 2.23 bits per heavy atom. The van der Waals surface area contributed by atoms with E-state index < -0.39 is 0 Å². The minimum atomic E-state index is 0.864. The minimum Gasteiger partial charge on any atom is -0.330 e. The fourth-order valence-corrected chi connectivity index (χ4v) is 2.50. The van der Waals surface area contributed by atoms with E-state index in [-0.39, 0.29) is 0 Å². The van der Waals surface area contributed by atoms with E-state index in [2.05, 4.69) is 12.2 Å². The van der Waals surface area contributed by atoms with Gasteiger partial charge in [0.15, 0.2) is 0 Å². The van der Waals surface area contributed by atoms with Crippen molar-refractivity contribution in [3.8, 4) is 0 Å². The average molecular weight is 184 g/mol. The summed E-state index contributed by atoms with van der Waals surface area (Å²) in [4.78, 5) is 0. The van der Waals surface area contributed by atoms with Crippen LogP contribution < -0.4 is 11.1 Å². The second-order valence-corrected chi connectivity index (χ2v) is 4.19. The first kappa shape index (κ1) is 11.0. The van der Waals surface area contributed by atoms with E-state index in [1.165, 1.54) is 45.2 Å². The Hall–Kier alpha value is -0.0800. The predicted molar refractivity (Wildman–Crippen MR) is 57.7 cm³/mol. The summed E-state index contributed by atoms with van der Waals surface area (Å²) in [5, 5.41) is 3.47. The van der Waals surface area contributed by atoms with E-state index in [4.69, 9.17) is 5.73 Å². The first-order valence-corrected chi connectivity index (χ1v) is 5.79. The van der Waals surface area contributed by atoms with E-state index in [1.807, 2.05) is 0 Å². The maximum Gasteiger partial charge on any atom is -0.00462 e. The zero-order valence-electron chi connectivity index (χ0n) is 8.89. The number of hydrogen-bond donors (Lipinski definition) is 2. The van der Waals surface area contributed by atoms with E-state index in [1.54, 1.807) is 0 Å². The molecule has 0 bridgehead atoms. The SMILES string of the molecule is CCC(CCN)C1CCCNCC1. The quantitative estimate of drug-likeness (QED) is 0.698. The molecule has 2 nitrogen and oxygen atoms in total. The highest BCUT2D eigenvalue weighted by atomic mass is 14.8. The van der Waals surface area contributed by atoms with Crippen molar-refractivity contribution in [1.29, 1.82) is 0 Å². The van der Waals surface area contributed by atoms with Gasteiger partial charge >= 0.3 is 0 Å². The normalized spacial score (nSPS) is 26.8. The molecule has 0 spiro atoms. The van der Waals surface area contributed by atoms with Crippen LogP contribution in [0.25, 0.3) is 0 Å². The molecule has 0 aliphatic carbocycles. The monoisotopic (exact) mass is 184 g/mol. The molecule has 78 valence electrons. The second kappa shape index (κ2) is 6.39. The molecule has 0 saturated carbocycles. The largest absolute Gasteiger partial charge is 0.330 e. The fraction of sp³-hybridized carbons (Fsp3) is 1.00. The van der Waals surface area contributed by atoms with E-state index in [9.17, 15) is 0 Å². The predicted octanol–water partition coefficient (Wildman–Crippen LogP) is 1.75. The lowest BCUT2D eigenvalue weighted by Crippen LogP contribution is -2.20. The van der Waals surface area contributed by atoms with Crippen LogP contribution in [0.5, 0.6) is 0 Å². The molecule has 1 aliphatic heterocycles. The number of nitrogens with one attached hydrogen (secondary N) is 1. The molecule has 0 aromatic rings. The molecule has 0 radical (unpaired) electrons. The summed E-state index contributed by atoms with van der Waals surface area (Å²) in [6.45, 7) is 5.60. The van der Waals surface area contributed by atoms with E-state index >= 15 is 0 Å². The van der Waals surface area contributed by atoms with Gasteiger partial charge in [-0.2, -0.15) is 0 Å². The topological polar surface area (TPSA) is 38.0 Å². The van der Waals surface area contributed by atoms with E-state index in [0.717, 1.165) is 18.4 Å². The first-order chi connectivity index (χ1) is 6.38. The molecule has 1 aliphatic rings. The van der Waals surface area contributed by atoms with Gasteiger partial charge in [0.2, 0.25) is 0 Å². The van der Waals surface area contributed by atoms with Crippen molar-refractivity contribution in [2.45, 2.75) is 39.0 Å². The van der Waals surface area contributed by atoms with Crippen LogP contribution in [0.1, 0.15) is 39.0 Å². The van der Waals surface area contributed by atoms with Crippen LogP contribution in [0.3, 0.4) is 0 Å². The molecule has 2 atom stereocenters.